The fourth-order valence-electron chi connectivity index (χ4n) is 8.08. The molecule has 0 spiro atoms. The smallest absolute Gasteiger partial charge is 0.159 e. The Hall–Kier alpha value is -7.30. The van der Waals surface area contributed by atoms with Crippen LogP contribution in [-0.4, -0.2) is 11.7 Å². The molecule has 4 nitrogen and oxygen atoms in total. The second-order valence-corrected chi connectivity index (χ2v) is 14.2. The van der Waals surface area contributed by atoms with E-state index in [4.69, 9.17) is 14.4 Å². The van der Waals surface area contributed by atoms with Crippen LogP contribution in [0.5, 0.6) is 0 Å². The minimum absolute atomic E-state index is 0.366. The van der Waals surface area contributed by atoms with Crippen LogP contribution in [0.1, 0.15) is 22.9 Å². The number of nitrogens with one attached hydrogen (secondary N) is 1. The maximum absolute atomic E-state index is 6.93. The molecule has 4 heteroatoms. The first-order valence-electron chi connectivity index (χ1n) is 18.7. The first-order chi connectivity index (χ1) is 27.2. The van der Waals surface area contributed by atoms with Crippen LogP contribution in [-0.2, 0) is 0 Å². The van der Waals surface area contributed by atoms with E-state index in [0.717, 1.165) is 77.3 Å². The van der Waals surface area contributed by atoms with Gasteiger partial charge in [-0.25, -0.2) is 9.98 Å². The average Bonchev–Trinajstić information content (AvgIpc) is 3.63. The quantitative estimate of drug-likeness (QED) is 0.194. The molecule has 1 atom stereocenters. The molecular formula is C51H33N3O. The van der Waals surface area contributed by atoms with Crippen LogP contribution in [0.4, 0.5) is 0 Å². The predicted octanol–water partition coefficient (Wildman–Crippen LogP) is 12.9. The first-order valence-corrected chi connectivity index (χ1v) is 18.7. The van der Waals surface area contributed by atoms with E-state index >= 15 is 0 Å². The van der Waals surface area contributed by atoms with Gasteiger partial charge >= 0.3 is 0 Å². The summed E-state index contributed by atoms with van der Waals surface area (Å²) in [5, 5.41) is 12.8. The Bertz CT molecular complexity index is 3190. The van der Waals surface area contributed by atoms with E-state index in [1.54, 1.807) is 0 Å². The lowest BCUT2D eigenvalue weighted by Gasteiger charge is -2.24. The van der Waals surface area contributed by atoms with Crippen LogP contribution in [0.3, 0.4) is 0 Å². The van der Waals surface area contributed by atoms with Gasteiger partial charge in [-0.1, -0.05) is 146 Å². The summed E-state index contributed by atoms with van der Waals surface area (Å²) >= 11 is 0. The van der Waals surface area contributed by atoms with Crippen molar-refractivity contribution in [3.05, 3.63) is 205 Å². The number of fused-ring (bicyclic) bond motifs is 6. The Kier molecular flexibility index (Phi) is 7.20. The zero-order chi connectivity index (χ0) is 36.3. The molecule has 1 N–H and O–H groups in total. The van der Waals surface area contributed by atoms with Gasteiger partial charge in [0.05, 0.1) is 0 Å². The van der Waals surface area contributed by atoms with Gasteiger partial charge in [0.1, 0.15) is 23.2 Å². The molecule has 0 aliphatic carbocycles. The van der Waals surface area contributed by atoms with Gasteiger partial charge in [0.2, 0.25) is 0 Å². The number of rotatable bonds is 5. The summed E-state index contributed by atoms with van der Waals surface area (Å²) < 4.78 is 6.93. The van der Waals surface area contributed by atoms with Gasteiger partial charge in [-0.2, -0.15) is 0 Å². The molecule has 0 saturated carbocycles. The highest BCUT2D eigenvalue weighted by molar-refractivity contribution is 6.24. The van der Waals surface area contributed by atoms with E-state index in [9.17, 15) is 0 Å². The number of hydrogen-bond donors (Lipinski definition) is 1. The van der Waals surface area contributed by atoms with Crippen molar-refractivity contribution in [2.24, 2.45) is 9.98 Å². The average molecular weight is 704 g/mol. The number of amidine groups is 2. The van der Waals surface area contributed by atoms with Gasteiger partial charge in [-0.05, 0) is 97.0 Å². The second-order valence-electron chi connectivity index (χ2n) is 14.2. The number of aliphatic imine (C=N–C) groups is 2. The van der Waals surface area contributed by atoms with Crippen LogP contribution in [0, 0.1) is 0 Å². The molecule has 1 aromatic heterocycles. The summed E-state index contributed by atoms with van der Waals surface area (Å²) in [6.45, 7) is 0. The number of hydrogen-bond acceptors (Lipinski definition) is 4. The van der Waals surface area contributed by atoms with Crippen molar-refractivity contribution < 1.29 is 4.42 Å². The van der Waals surface area contributed by atoms with E-state index in [2.05, 4.69) is 193 Å². The third-order valence-electron chi connectivity index (χ3n) is 10.9. The molecule has 1 aliphatic rings. The summed E-state index contributed by atoms with van der Waals surface area (Å²) in [6, 6.07) is 66.4. The molecular weight excluding hydrogens is 671 g/mol. The van der Waals surface area contributed by atoms with E-state index in [1.165, 1.54) is 21.7 Å². The van der Waals surface area contributed by atoms with Crippen molar-refractivity contribution in [2.75, 3.05) is 0 Å². The Balaban J connectivity index is 1.14. The zero-order valence-corrected chi connectivity index (χ0v) is 29.8. The molecule has 0 amide bonds. The topological polar surface area (TPSA) is 49.9 Å². The zero-order valence-electron chi connectivity index (χ0n) is 29.8. The lowest BCUT2D eigenvalue weighted by atomic mass is 9.94. The summed E-state index contributed by atoms with van der Waals surface area (Å²) in [5.74, 6) is 1.44. The van der Waals surface area contributed by atoms with Crippen LogP contribution >= 0.6 is 0 Å². The van der Waals surface area contributed by atoms with Gasteiger partial charge in [0.25, 0.3) is 0 Å². The largest absolute Gasteiger partial charge is 0.455 e. The number of furan rings is 1. The third-order valence-corrected chi connectivity index (χ3v) is 10.9. The molecule has 0 fully saturated rings. The highest BCUT2D eigenvalue weighted by Crippen LogP contribution is 2.41. The van der Waals surface area contributed by atoms with Crippen LogP contribution < -0.4 is 5.32 Å². The normalized spacial score (nSPS) is 14.4. The maximum Gasteiger partial charge on any atom is 0.159 e. The van der Waals surface area contributed by atoms with E-state index in [0.29, 0.717) is 5.84 Å². The van der Waals surface area contributed by atoms with Crippen molar-refractivity contribution in [3.63, 3.8) is 0 Å². The molecule has 0 bridgehead atoms. The first kappa shape index (κ1) is 31.2. The van der Waals surface area contributed by atoms with Crippen molar-refractivity contribution in [2.45, 2.75) is 6.17 Å². The van der Waals surface area contributed by atoms with Gasteiger partial charge in [-0.15, -0.1) is 0 Å². The molecule has 11 rings (SSSR count). The van der Waals surface area contributed by atoms with Gasteiger partial charge in [0, 0.05) is 27.5 Å². The molecule has 10 aromatic rings. The Morgan fingerprint density at radius 3 is 1.84 bits per heavy atom. The summed E-state index contributed by atoms with van der Waals surface area (Å²) in [4.78, 5) is 10.6. The van der Waals surface area contributed by atoms with Crippen molar-refractivity contribution in [3.8, 4) is 22.3 Å². The predicted molar refractivity (Wildman–Crippen MR) is 229 cm³/mol. The van der Waals surface area contributed by atoms with Crippen molar-refractivity contribution in [1.82, 2.24) is 5.32 Å². The van der Waals surface area contributed by atoms with E-state index < -0.39 is 0 Å². The van der Waals surface area contributed by atoms with Gasteiger partial charge in [-0.3, -0.25) is 0 Å². The lowest BCUT2D eigenvalue weighted by molar-refractivity contribution is 0.669. The van der Waals surface area contributed by atoms with Crippen LogP contribution in [0.25, 0.3) is 76.5 Å². The molecule has 258 valence electrons. The minimum atomic E-state index is -0.366. The number of benzene rings is 9. The summed E-state index contributed by atoms with van der Waals surface area (Å²) in [7, 11) is 0. The molecule has 55 heavy (non-hydrogen) atoms. The highest BCUT2D eigenvalue weighted by atomic mass is 16.3. The molecule has 1 aliphatic heterocycles. The van der Waals surface area contributed by atoms with E-state index in [1.807, 2.05) is 0 Å². The third kappa shape index (κ3) is 5.46. The minimum Gasteiger partial charge on any atom is -0.455 e. The van der Waals surface area contributed by atoms with Crippen LogP contribution in [0.15, 0.2) is 202 Å². The SMILES string of the molecule is c1ccc(-c2cccc(-c3ccc(C4=NC(c5ccc6ccccc6c5)=NC(c5ccc6ccccc6c5)N4)c4c3oc3cc5ccccc5cc34)c2)cc1. The molecule has 0 saturated heterocycles. The highest BCUT2D eigenvalue weighted by Gasteiger charge is 2.26. The fraction of sp³-hybridized carbons (Fsp3) is 0.0196. The summed E-state index contributed by atoms with van der Waals surface area (Å²) in [6.07, 6.45) is -0.366. The van der Waals surface area contributed by atoms with E-state index in [-0.39, 0.29) is 6.17 Å². The van der Waals surface area contributed by atoms with Gasteiger partial charge in [0.15, 0.2) is 5.84 Å². The van der Waals surface area contributed by atoms with Crippen LogP contribution in [0.2, 0.25) is 0 Å². The molecule has 2 heterocycles. The van der Waals surface area contributed by atoms with Crippen molar-refractivity contribution >= 4 is 65.9 Å². The lowest BCUT2D eigenvalue weighted by Crippen LogP contribution is -2.33. The van der Waals surface area contributed by atoms with Gasteiger partial charge < -0.3 is 9.73 Å². The Morgan fingerprint density at radius 2 is 1.05 bits per heavy atom. The Morgan fingerprint density at radius 1 is 0.436 bits per heavy atom. The maximum atomic E-state index is 6.93. The number of nitrogens with zero attached hydrogens (tertiary/aromatic N) is 2. The molecule has 1 unspecified atom stereocenters. The van der Waals surface area contributed by atoms with Crippen molar-refractivity contribution in [1.29, 1.82) is 0 Å². The monoisotopic (exact) mass is 703 g/mol. The second kappa shape index (κ2) is 12.7. The molecule has 0 radical (unpaired) electrons. The standard InChI is InChI=1S/C51H33N3O/c1-2-11-32(12-3-1)37-19-10-20-40(27-37)43-25-26-44(47-45-30-38-17-8-9-18-39(38)31-46(45)55-48(43)47)51-53-49(41-23-21-33-13-4-6-15-35(33)28-41)52-50(54-51)42-24-22-34-14-5-7-16-36(34)29-42/h1-31,49H,(H,52,53,54). The molecule has 9 aromatic carbocycles. The Labute approximate surface area is 317 Å². The summed E-state index contributed by atoms with van der Waals surface area (Å²) in [5.41, 5.74) is 9.12. The fourth-order valence-corrected chi connectivity index (χ4v) is 8.08.